The van der Waals surface area contributed by atoms with Gasteiger partial charge in [-0.1, -0.05) is 16.8 Å². The molecule has 1 aromatic heterocycles. The lowest BCUT2D eigenvalue weighted by atomic mass is 9.82. The fourth-order valence-electron chi connectivity index (χ4n) is 3.18. The number of carboxylic acid groups (broad SMARTS) is 1. The highest BCUT2D eigenvalue weighted by Gasteiger charge is 2.36. The summed E-state index contributed by atoms with van der Waals surface area (Å²) in [5.74, 6) is 1.03. The van der Waals surface area contributed by atoms with Crippen LogP contribution >= 0.6 is 11.6 Å². The Morgan fingerprint density at radius 2 is 1.87 bits per heavy atom. The second-order valence-corrected chi connectivity index (χ2v) is 7.91. The number of aromatic nitrogens is 2. The predicted molar refractivity (Wildman–Crippen MR) is 111 cm³/mol. The molecule has 7 nitrogen and oxygen atoms in total. The summed E-state index contributed by atoms with van der Waals surface area (Å²) in [7, 11) is 0. The highest BCUT2D eigenvalue weighted by molar-refractivity contribution is 6.32. The molecule has 0 atom stereocenters. The summed E-state index contributed by atoms with van der Waals surface area (Å²) >= 11 is 6.29. The van der Waals surface area contributed by atoms with E-state index in [1.807, 2.05) is 44.2 Å². The van der Waals surface area contributed by atoms with Gasteiger partial charge in [0.1, 0.15) is 17.6 Å². The van der Waals surface area contributed by atoms with Gasteiger partial charge in [-0.3, -0.25) is 4.79 Å². The van der Waals surface area contributed by atoms with Crippen LogP contribution in [0.3, 0.4) is 0 Å². The van der Waals surface area contributed by atoms with Crippen molar-refractivity contribution in [3.63, 3.8) is 0 Å². The zero-order chi connectivity index (χ0) is 21.3. The number of benzene rings is 2. The molecule has 1 N–H and O–H groups in total. The summed E-state index contributed by atoms with van der Waals surface area (Å²) in [6.45, 7) is 3.87. The minimum absolute atomic E-state index is 0.0277. The molecule has 1 saturated carbocycles. The molecule has 0 saturated heterocycles. The van der Waals surface area contributed by atoms with Crippen LogP contribution in [0.4, 0.5) is 0 Å². The zero-order valence-electron chi connectivity index (χ0n) is 16.5. The molecule has 0 amide bonds. The van der Waals surface area contributed by atoms with Gasteiger partial charge >= 0.3 is 5.97 Å². The lowest BCUT2D eigenvalue weighted by molar-refractivity contribution is -0.147. The Labute approximate surface area is 178 Å². The number of hydrogen-bond acceptors (Lipinski definition) is 6. The van der Waals surface area contributed by atoms with Gasteiger partial charge in [0.05, 0.1) is 17.0 Å². The van der Waals surface area contributed by atoms with Crippen molar-refractivity contribution in [3.05, 3.63) is 47.5 Å². The van der Waals surface area contributed by atoms with Crippen molar-refractivity contribution in [2.24, 2.45) is 5.92 Å². The molecule has 0 spiro atoms. The minimum atomic E-state index is -0.763. The fourth-order valence-corrected chi connectivity index (χ4v) is 3.40. The quantitative estimate of drug-likeness (QED) is 0.560. The van der Waals surface area contributed by atoms with Gasteiger partial charge in [0.25, 0.3) is 5.89 Å². The van der Waals surface area contributed by atoms with E-state index in [0.717, 1.165) is 11.1 Å². The Morgan fingerprint density at radius 1 is 1.17 bits per heavy atom. The van der Waals surface area contributed by atoms with Gasteiger partial charge in [0.2, 0.25) is 5.82 Å². The molecule has 0 unspecified atom stereocenters. The number of nitrogens with zero attached hydrogens (tertiary/aromatic N) is 2. The molecule has 1 aliphatic rings. The van der Waals surface area contributed by atoms with E-state index >= 15 is 0 Å². The van der Waals surface area contributed by atoms with Crippen LogP contribution in [0.5, 0.6) is 11.5 Å². The molecule has 1 heterocycles. The van der Waals surface area contributed by atoms with Gasteiger partial charge in [0.15, 0.2) is 0 Å². The molecule has 1 fully saturated rings. The zero-order valence-corrected chi connectivity index (χ0v) is 17.3. The van der Waals surface area contributed by atoms with Gasteiger partial charge in [0, 0.05) is 11.1 Å². The van der Waals surface area contributed by atoms with Crippen LogP contribution in [0.2, 0.25) is 5.02 Å². The summed E-state index contributed by atoms with van der Waals surface area (Å²) in [6.07, 6.45) is 1.04. The standard InChI is InChI=1S/C22H21ClN2O5/c1-12(2)28-19-8-5-14(11-18(19)23)20-24-21(30-25-20)13-3-6-16(7-4-13)29-17-9-15(10-17)22(26)27/h3-8,11-12,15,17H,9-10H2,1-2H3,(H,26,27). The lowest BCUT2D eigenvalue weighted by Gasteiger charge is -2.32. The second-order valence-electron chi connectivity index (χ2n) is 7.51. The van der Waals surface area contributed by atoms with Crippen LogP contribution in [0.1, 0.15) is 26.7 Å². The summed E-state index contributed by atoms with van der Waals surface area (Å²) < 4.78 is 16.8. The monoisotopic (exact) mass is 428 g/mol. The molecule has 2 aromatic carbocycles. The molecule has 1 aliphatic carbocycles. The first-order valence-corrected chi connectivity index (χ1v) is 10.1. The van der Waals surface area contributed by atoms with E-state index in [4.69, 9.17) is 30.7 Å². The van der Waals surface area contributed by atoms with Crippen LogP contribution in [-0.4, -0.2) is 33.4 Å². The Kier molecular flexibility index (Phi) is 5.63. The molecule has 0 bridgehead atoms. The third kappa shape index (κ3) is 4.41. The van der Waals surface area contributed by atoms with Gasteiger partial charge in [-0.05, 0) is 69.2 Å². The third-order valence-electron chi connectivity index (χ3n) is 4.83. The molecule has 0 radical (unpaired) electrons. The number of carbonyl (C=O) groups is 1. The molecule has 8 heteroatoms. The average Bonchev–Trinajstić information content (AvgIpc) is 3.16. The smallest absolute Gasteiger partial charge is 0.306 e. The number of rotatable bonds is 7. The average molecular weight is 429 g/mol. The summed E-state index contributed by atoms with van der Waals surface area (Å²) in [6, 6.07) is 12.6. The fraction of sp³-hybridized carbons (Fsp3) is 0.318. The van der Waals surface area contributed by atoms with Gasteiger partial charge < -0.3 is 19.1 Å². The molecule has 4 rings (SSSR count). The van der Waals surface area contributed by atoms with E-state index in [0.29, 0.717) is 41.1 Å². The summed E-state index contributed by atoms with van der Waals surface area (Å²) in [5.41, 5.74) is 1.48. The van der Waals surface area contributed by atoms with E-state index in [9.17, 15) is 4.79 Å². The maximum atomic E-state index is 10.9. The molecule has 156 valence electrons. The number of hydrogen-bond donors (Lipinski definition) is 1. The summed E-state index contributed by atoms with van der Waals surface area (Å²) in [5, 5.41) is 13.5. The van der Waals surface area contributed by atoms with Crippen LogP contribution in [0.25, 0.3) is 22.8 Å². The summed E-state index contributed by atoms with van der Waals surface area (Å²) in [4.78, 5) is 15.3. The highest BCUT2D eigenvalue weighted by atomic mass is 35.5. The maximum Gasteiger partial charge on any atom is 0.306 e. The van der Waals surface area contributed by atoms with E-state index < -0.39 is 5.97 Å². The predicted octanol–water partition coefficient (Wildman–Crippen LogP) is 5.09. The van der Waals surface area contributed by atoms with Crippen molar-refractivity contribution in [3.8, 4) is 34.3 Å². The largest absolute Gasteiger partial charge is 0.490 e. The van der Waals surface area contributed by atoms with Crippen LogP contribution in [0, 0.1) is 5.92 Å². The molecule has 30 heavy (non-hydrogen) atoms. The van der Waals surface area contributed by atoms with Crippen molar-refractivity contribution >= 4 is 17.6 Å². The van der Waals surface area contributed by atoms with E-state index in [1.165, 1.54) is 0 Å². The van der Waals surface area contributed by atoms with Gasteiger partial charge in [-0.2, -0.15) is 4.98 Å². The van der Waals surface area contributed by atoms with E-state index in [1.54, 1.807) is 12.1 Å². The third-order valence-corrected chi connectivity index (χ3v) is 5.12. The second kappa shape index (κ2) is 8.36. The Hall–Kier alpha value is -3.06. The van der Waals surface area contributed by atoms with E-state index in [-0.39, 0.29) is 18.1 Å². The maximum absolute atomic E-state index is 10.9. The molecular formula is C22H21ClN2O5. The highest BCUT2D eigenvalue weighted by Crippen LogP contribution is 2.33. The van der Waals surface area contributed by atoms with Crippen LogP contribution in [-0.2, 0) is 4.79 Å². The van der Waals surface area contributed by atoms with Gasteiger partial charge in [-0.15, -0.1) is 0 Å². The molecular weight excluding hydrogens is 408 g/mol. The van der Waals surface area contributed by atoms with Crippen molar-refractivity contribution < 1.29 is 23.9 Å². The van der Waals surface area contributed by atoms with Gasteiger partial charge in [-0.25, -0.2) is 0 Å². The lowest BCUT2D eigenvalue weighted by Crippen LogP contribution is -2.38. The topological polar surface area (TPSA) is 94.7 Å². The van der Waals surface area contributed by atoms with Crippen molar-refractivity contribution in [1.82, 2.24) is 10.1 Å². The van der Waals surface area contributed by atoms with Crippen LogP contribution in [0.15, 0.2) is 47.0 Å². The van der Waals surface area contributed by atoms with E-state index in [2.05, 4.69) is 10.1 Å². The Morgan fingerprint density at radius 3 is 2.50 bits per heavy atom. The SMILES string of the molecule is CC(C)Oc1ccc(-c2noc(-c3ccc(OC4CC(C(=O)O)C4)cc3)n2)cc1Cl. The van der Waals surface area contributed by atoms with Crippen molar-refractivity contribution in [2.75, 3.05) is 0 Å². The number of aliphatic carboxylic acids is 1. The Bertz CT molecular complexity index is 1040. The van der Waals surface area contributed by atoms with Crippen molar-refractivity contribution in [2.45, 2.75) is 38.9 Å². The number of ether oxygens (including phenoxy) is 2. The normalized spacial score (nSPS) is 18.1. The molecule has 0 aliphatic heterocycles. The minimum Gasteiger partial charge on any atom is -0.490 e. The molecule has 3 aromatic rings. The first-order valence-electron chi connectivity index (χ1n) is 9.69. The Balaban J connectivity index is 1.43. The number of halogens is 1. The first-order chi connectivity index (χ1) is 14.4. The first kappa shape index (κ1) is 20.2. The van der Waals surface area contributed by atoms with Crippen molar-refractivity contribution in [1.29, 1.82) is 0 Å². The van der Waals surface area contributed by atoms with Crippen LogP contribution < -0.4 is 9.47 Å². The number of carboxylic acids is 1.